The zero-order valence-corrected chi connectivity index (χ0v) is 22.2. The van der Waals surface area contributed by atoms with E-state index in [1.54, 1.807) is 11.8 Å². The van der Waals surface area contributed by atoms with Crippen LogP contribution < -0.4 is 63.3 Å². The van der Waals surface area contributed by atoms with Gasteiger partial charge in [0.15, 0.2) is 0 Å². The van der Waals surface area contributed by atoms with Crippen LogP contribution in [0.4, 0.5) is 8.78 Å². The number of carboxylic acid groups (broad SMARTS) is 1. The average molecular weight is 496 g/mol. The monoisotopic (exact) mass is 495 g/mol. The maximum absolute atomic E-state index is 12.0. The second-order valence-electron chi connectivity index (χ2n) is 5.21. The number of rotatable bonds is 6. The van der Waals surface area contributed by atoms with Crippen LogP contribution in [0.1, 0.15) is 19.8 Å². The minimum Gasteiger partial charge on any atom is -0.550 e. The number of fused-ring (bicyclic) bond motifs is 2. The SMILES string of the molecule is CCSC1CC2CC1C(C(=O)OC[C-](F)F)C2C(=O)[O-].[CH3+].[Rb+].[Y]. The first-order chi connectivity index (χ1) is 9.45. The zero-order chi connectivity index (χ0) is 14.9. The van der Waals surface area contributed by atoms with Gasteiger partial charge in [-0.25, -0.2) is 0 Å². The summed E-state index contributed by atoms with van der Waals surface area (Å²) in [6.45, 7) is 0.936. The van der Waals surface area contributed by atoms with Crippen molar-refractivity contribution in [2.24, 2.45) is 23.7 Å². The predicted molar refractivity (Wildman–Crippen MR) is 73.0 cm³/mol. The van der Waals surface area contributed by atoms with Crippen LogP contribution in [0.15, 0.2) is 0 Å². The Bertz CT molecular complexity index is 403. The molecule has 123 valence electrons. The van der Waals surface area contributed by atoms with Crippen molar-refractivity contribution in [3.8, 4) is 0 Å². The first-order valence-electron chi connectivity index (χ1n) is 6.61. The Hall–Kier alpha value is 1.93. The Balaban J connectivity index is 0. The third kappa shape index (κ3) is 6.55. The van der Waals surface area contributed by atoms with Crippen LogP contribution in [0.3, 0.4) is 0 Å². The van der Waals surface area contributed by atoms with Gasteiger partial charge in [-0.15, -0.1) is 0 Å². The summed E-state index contributed by atoms with van der Waals surface area (Å²) in [7, 11) is 0. The van der Waals surface area contributed by atoms with Crippen LogP contribution in [-0.4, -0.2) is 29.5 Å². The number of halogens is 2. The molecule has 4 nitrogen and oxygen atoms in total. The van der Waals surface area contributed by atoms with Gasteiger partial charge in [0.05, 0.1) is 5.92 Å². The quantitative estimate of drug-likeness (QED) is 0.333. The summed E-state index contributed by atoms with van der Waals surface area (Å²) in [6.07, 6.45) is -0.612. The molecule has 2 rings (SSSR count). The summed E-state index contributed by atoms with van der Waals surface area (Å²) in [4.78, 5) is 23.2. The number of hydrogen-bond donors (Lipinski definition) is 0. The van der Waals surface area contributed by atoms with Crippen molar-refractivity contribution in [3.63, 3.8) is 0 Å². The van der Waals surface area contributed by atoms with Gasteiger partial charge in [0, 0.05) is 70.3 Å². The normalized spacial score (nSPS) is 30.9. The minimum atomic E-state index is -1.99. The summed E-state index contributed by atoms with van der Waals surface area (Å²) < 4.78 is 28.6. The van der Waals surface area contributed by atoms with E-state index in [0.29, 0.717) is 6.42 Å². The Morgan fingerprint density at radius 2 is 1.91 bits per heavy atom. The van der Waals surface area contributed by atoms with Crippen LogP contribution in [0.5, 0.6) is 0 Å². The zero-order valence-electron chi connectivity index (χ0n) is 13.6. The van der Waals surface area contributed by atoms with Crippen LogP contribution in [0.2, 0.25) is 0 Å². The van der Waals surface area contributed by atoms with Gasteiger partial charge in [0.1, 0.15) is 0 Å². The number of carbonyl (C=O) groups excluding carboxylic acids is 2. The Kier molecular flexibility index (Phi) is 14.6. The molecule has 0 aromatic heterocycles. The van der Waals surface area contributed by atoms with E-state index in [9.17, 15) is 23.5 Å². The van der Waals surface area contributed by atoms with Gasteiger partial charge < -0.3 is 23.4 Å². The van der Waals surface area contributed by atoms with E-state index in [0.717, 1.165) is 12.2 Å². The van der Waals surface area contributed by atoms with E-state index in [1.165, 1.54) is 0 Å². The minimum absolute atomic E-state index is 0. The van der Waals surface area contributed by atoms with Crippen LogP contribution >= 0.6 is 11.8 Å². The Morgan fingerprint density at radius 3 is 2.39 bits per heavy atom. The molecule has 2 bridgehead atoms. The van der Waals surface area contributed by atoms with Gasteiger partial charge in [-0.2, -0.15) is 11.8 Å². The van der Waals surface area contributed by atoms with Gasteiger partial charge in [-0.3, -0.25) is 4.79 Å². The number of carbonyl (C=O) groups is 2. The molecule has 2 fully saturated rings. The second-order valence-corrected chi connectivity index (χ2v) is 6.72. The number of carboxylic acids is 1. The molecule has 5 unspecified atom stereocenters. The van der Waals surface area contributed by atoms with Gasteiger partial charge in [-0.1, -0.05) is 6.92 Å². The van der Waals surface area contributed by atoms with Gasteiger partial charge in [-0.05, 0) is 30.4 Å². The van der Waals surface area contributed by atoms with Crippen molar-refractivity contribution in [3.05, 3.63) is 13.9 Å². The Morgan fingerprint density at radius 1 is 1.30 bits per heavy atom. The van der Waals surface area contributed by atoms with Gasteiger partial charge in [0.2, 0.25) is 0 Å². The summed E-state index contributed by atoms with van der Waals surface area (Å²) in [5.41, 5.74) is 0. The molecule has 2 aliphatic carbocycles. The van der Waals surface area contributed by atoms with Crippen molar-refractivity contribution in [2.75, 3.05) is 12.4 Å². The molecule has 1 radical (unpaired) electrons. The molecule has 23 heavy (non-hydrogen) atoms. The number of esters is 1. The second kappa shape index (κ2) is 12.3. The van der Waals surface area contributed by atoms with E-state index in [4.69, 9.17) is 0 Å². The summed E-state index contributed by atoms with van der Waals surface area (Å²) in [5, 5.41) is 11.4. The molecule has 5 atom stereocenters. The van der Waals surface area contributed by atoms with E-state index in [-0.39, 0.29) is 115 Å². The molecule has 0 heterocycles. The van der Waals surface area contributed by atoms with Crippen molar-refractivity contribution in [2.45, 2.75) is 25.0 Å². The molecular weight excluding hydrogens is 477 g/mol. The number of aliphatic carboxylic acids is 1. The molecule has 0 aromatic rings. The maximum Gasteiger partial charge on any atom is 1.00 e. The van der Waals surface area contributed by atoms with Crippen LogP contribution in [-0.2, 0) is 47.0 Å². The molecule has 0 aromatic carbocycles. The van der Waals surface area contributed by atoms with Gasteiger partial charge >= 0.3 is 64.2 Å². The van der Waals surface area contributed by atoms with Crippen molar-refractivity contribution in [1.29, 1.82) is 0 Å². The average Bonchev–Trinajstić information content (AvgIpc) is 2.93. The standard InChI is InChI=1S/C13H17F2O4S.CH3.Rb.Y/c1-2-20-8-4-6-3-7(8)11(10(6)12(16)17)13(18)19-5-9(14)15;;;/h6-8,10-11H,2-5H2,1H3,(H,16,17);1H3;;/q-1;2*+1;/p-1. The fourth-order valence-electron chi connectivity index (χ4n) is 3.59. The first-order valence-corrected chi connectivity index (χ1v) is 7.66. The van der Waals surface area contributed by atoms with Crippen molar-refractivity contribution >= 4 is 23.7 Å². The molecule has 0 amide bonds. The largest absolute Gasteiger partial charge is 1.00 e. The summed E-state index contributed by atoms with van der Waals surface area (Å²) in [6, 6.07) is 0. The first kappa shape index (κ1) is 27.2. The van der Waals surface area contributed by atoms with Gasteiger partial charge in [0.25, 0.3) is 0 Å². The molecular formula is C14H19F2O4RbSY. The molecule has 0 saturated heterocycles. The Labute approximate surface area is 214 Å². The summed E-state index contributed by atoms with van der Waals surface area (Å²) >= 11 is 1.69. The van der Waals surface area contributed by atoms with Crippen LogP contribution in [0, 0.1) is 37.5 Å². The van der Waals surface area contributed by atoms with E-state index in [2.05, 4.69) is 4.74 Å². The third-order valence-corrected chi connectivity index (χ3v) is 5.50. The van der Waals surface area contributed by atoms with Crippen LogP contribution in [0.25, 0.3) is 0 Å². The smallest absolute Gasteiger partial charge is 0.550 e. The number of ether oxygens (including phenoxy) is 1. The third-order valence-electron chi connectivity index (χ3n) is 4.19. The van der Waals surface area contributed by atoms with E-state index in [1.807, 2.05) is 6.92 Å². The molecule has 0 aliphatic heterocycles. The predicted octanol–water partition coefficient (Wildman–Crippen LogP) is -1.45. The number of hydrogen-bond acceptors (Lipinski definition) is 5. The van der Waals surface area contributed by atoms with Crippen molar-refractivity contribution in [1.82, 2.24) is 0 Å². The van der Waals surface area contributed by atoms with Crippen molar-refractivity contribution < 1.29 is 119 Å². The molecule has 9 heteroatoms. The fourth-order valence-corrected chi connectivity index (χ4v) is 4.93. The molecule has 0 spiro atoms. The topological polar surface area (TPSA) is 66.4 Å². The molecule has 2 saturated carbocycles. The van der Waals surface area contributed by atoms with E-state index < -0.39 is 36.8 Å². The molecule has 2 aliphatic rings. The number of thioether (sulfide) groups is 1. The molecule has 0 N–H and O–H groups in total. The summed E-state index contributed by atoms with van der Waals surface area (Å²) in [5.74, 6) is -3.19. The maximum atomic E-state index is 12.0. The van der Waals surface area contributed by atoms with E-state index >= 15 is 0 Å². The fraction of sp³-hybridized carbons (Fsp3) is 0.714.